The van der Waals surface area contributed by atoms with Gasteiger partial charge in [0.2, 0.25) is 0 Å². The Morgan fingerprint density at radius 1 is 1.57 bits per heavy atom. The van der Waals surface area contributed by atoms with Crippen molar-refractivity contribution < 1.29 is 0 Å². The Morgan fingerprint density at radius 2 is 2.29 bits per heavy atom. The minimum atomic E-state index is 0.151. The molecule has 0 radical (unpaired) electrons. The van der Waals surface area contributed by atoms with E-state index in [-0.39, 0.29) is 6.04 Å². The number of nitrogens with zero attached hydrogens (tertiary/aromatic N) is 2. The summed E-state index contributed by atoms with van der Waals surface area (Å²) in [5.41, 5.74) is 7.25. The van der Waals surface area contributed by atoms with E-state index in [2.05, 4.69) is 16.5 Å². The number of imidazole rings is 1. The van der Waals surface area contributed by atoms with Crippen molar-refractivity contribution in [2.45, 2.75) is 51.1 Å². The van der Waals surface area contributed by atoms with E-state index in [0.29, 0.717) is 6.04 Å². The molecule has 1 saturated carbocycles. The molecule has 1 aliphatic rings. The summed E-state index contributed by atoms with van der Waals surface area (Å²) in [6, 6.07) is 0.809. The van der Waals surface area contributed by atoms with Gasteiger partial charge in [-0.3, -0.25) is 0 Å². The van der Waals surface area contributed by atoms with E-state index in [0.717, 1.165) is 6.42 Å². The van der Waals surface area contributed by atoms with Crippen molar-refractivity contribution in [2.75, 3.05) is 0 Å². The van der Waals surface area contributed by atoms with Crippen LogP contribution in [0, 0.1) is 0 Å². The van der Waals surface area contributed by atoms with Gasteiger partial charge in [-0.2, -0.15) is 0 Å². The minimum Gasteiger partial charge on any atom is -0.330 e. The number of aromatic nitrogens is 2. The monoisotopic (exact) mass is 193 g/mol. The largest absolute Gasteiger partial charge is 0.330 e. The van der Waals surface area contributed by atoms with E-state index < -0.39 is 0 Å². The van der Waals surface area contributed by atoms with Crippen LogP contribution in [0.4, 0.5) is 0 Å². The first-order valence-corrected chi connectivity index (χ1v) is 5.60. The highest BCUT2D eigenvalue weighted by Gasteiger charge is 2.20. The van der Waals surface area contributed by atoms with Crippen LogP contribution in [-0.4, -0.2) is 9.55 Å². The molecule has 0 unspecified atom stereocenters. The van der Waals surface area contributed by atoms with Gasteiger partial charge in [-0.15, -0.1) is 0 Å². The number of hydrogen-bond donors (Lipinski definition) is 1. The summed E-state index contributed by atoms with van der Waals surface area (Å²) in [4.78, 5) is 4.22. The van der Waals surface area contributed by atoms with Gasteiger partial charge in [-0.1, -0.05) is 19.8 Å². The van der Waals surface area contributed by atoms with Crippen LogP contribution in [0.25, 0.3) is 0 Å². The van der Waals surface area contributed by atoms with Crippen molar-refractivity contribution in [3.05, 3.63) is 18.2 Å². The van der Waals surface area contributed by atoms with Gasteiger partial charge in [0.1, 0.15) is 0 Å². The Kier molecular flexibility index (Phi) is 2.87. The number of nitrogens with two attached hydrogens (primary N) is 1. The summed E-state index contributed by atoms with van der Waals surface area (Å²) in [5, 5.41) is 0. The molecule has 1 aliphatic carbocycles. The van der Waals surface area contributed by atoms with Crippen molar-refractivity contribution in [3.63, 3.8) is 0 Å². The first-order valence-electron chi connectivity index (χ1n) is 5.60. The zero-order valence-corrected chi connectivity index (χ0v) is 8.82. The second-order valence-electron chi connectivity index (χ2n) is 4.18. The smallest absolute Gasteiger partial charge is 0.0951 e. The molecule has 1 aromatic heterocycles. The van der Waals surface area contributed by atoms with Gasteiger partial charge in [0, 0.05) is 18.3 Å². The fourth-order valence-corrected chi connectivity index (χ4v) is 2.30. The standard InChI is InChI=1S/C11H19N3/c1-2-10(12)11-7-13-8-14(11)9-5-3-4-6-9/h7-10H,2-6,12H2,1H3/t10-/m1/s1. The molecule has 0 bridgehead atoms. The molecule has 3 nitrogen and oxygen atoms in total. The maximum atomic E-state index is 6.05. The molecule has 0 amide bonds. The van der Waals surface area contributed by atoms with Gasteiger partial charge < -0.3 is 10.3 Å². The first kappa shape index (κ1) is 9.71. The summed E-state index contributed by atoms with van der Waals surface area (Å²) in [6.07, 6.45) is 10.1. The van der Waals surface area contributed by atoms with Crippen LogP contribution >= 0.6 is 0 Å². The summed E-state index contributed by atoms with van der Waals surface area (Å²) in [5.74, 6) is 0. The average molecular weight is 193 g/mol. The van der Waals surface area contributed by atoms with E-state index in [9.17, 15) is 0 Å². The fourth-order valence-electron chi connectivity index (χ4n) is 2.30. The van der Waals surface area contributed by atoms with Gasteiger partial charge in [0.05, 0.1) is 12.0 Å². The van der Waals surface area contributed by atoms with E-state index in [1.807, 2.05) is 12.5 Å². The molecule has 0 spiro atoms. The lowest BCUT2D eigenvalue weighted by Gasteiger charge is -2.18. The van der Waals surface area contributed by atoms with Gasteiger partial charge in [-0.25, -0.2) is 4.98 Å². The van der Waals surface area contributed by atoms with Crippen LogP contribution in [0.2, 0.25) is 0 Å². The summed E-state index contributed by atoms with van der Waals surface area (Å²) >= 11 is 0. The van der Waals surface area contributed by atoms with Crippen molar-refractivity contribution in [2.24, 2.45) is 5.73 Å². The van der Waals surface area contributed by atoms with Crippen LogP contribution in [0.5, 0.6) is 0 Å². The maximum Gasteiger partial charge on any atom is 0.0951 e. The van der Waals surface area contributed by atoms with Crippen LogP contribution in [0.3, 0.4) is 0 Å². The van der Waals surface area contributed by atoms with Crippen LogP contribution < -0.4 is 5.73 Å². The van der Waals surface area contributed by atoms with Crippen LogP contribution in [0.1, 0.15) is 56.8 Å². The SMILES string of the molecule is CC[C@@H](N)c1cncn1C1CCCC1. The van der Waals surface area contributed by atoms with Gasteiger partial charge >= 0.3 is 0 Å². The lowest BCUT2D eigenvalue weighted by Crippen LogP contribution is -2.16. The topological polar surface area (TPSA) is 43.8 Å². The van der Waals surface area contributed by atoms with Crippen LogP contribution in [0.15, 0.2) is 12.5 Å². The third-order valence-corrected chi connectivity index (χ3v) is 3.23. The second kappa shape index (κ2) is 4.13. The van der Waals surface area contributed by atoms with E-state index >= 15 is 0 Å². The summed E-state index contributed by atoms with van der Waals surface area (Å²) in [7, 11) is 0. The molecule has 2 rings (SSSR count). The molecule has 14 heavy (non-hydrogen) atoms. The van der Waals surface area contributed by atoms with Crippen LogP contribution in [-0.2, 0) is 0 Å². The van der Waals surface area contributed by atoms with Gasteiger partial charge in [0.25, 0.3) is 0 Å². The van der Waals surface area contributed by atoms with Crippen molar-refractivity contribution in [3.8, 4) is 0 Å². The number of hydrogen-bond acceptors (Lipinski definition) is 2. The Hall–Kier alpha value is -0.830. The predicted octanol–water partition coefficient (Wildman–Crippen LogP) is 2.41. The molecule has 1 aromatic rings. The Morgan fingerprint density at radius 3 is 2.93 bits per heavy atom. The Labute approximate surface area is 85.3 Å². The molecule has 0 saturated heterocycles. The maximum absolute atomic E-state index is 6.05. The fraction of sp³-hybridized carbons (Fsp3) is 0.727. The number of rotatable bonds is 3. The van der Waals surface area contributed by atoms with E-state index in [4.69, 9.17) is 5.73 Å². The molecule has 3 heteroatoms. The highest BCUT2D eigenvalue weighted by Crippen LogP contribution is 2.31. The summed E-state index contributed by atoms with van der Waals surface area (Å²) in [6.45, 7) is 2.12. The first-order chi connectivity index (χ1) is 6.83. The molecular weight excluding hydrogens is 174 g/mol. The molecule has 0 aromatic carbocycles. The molecule has 0 aliphatic heterocycles. The average Bonchev–Trinajstić information content (AvgIpc) is 2.85. The highest BCUT2D eigenvalue weighted by molar-refractivity contribution is 5.06. The molecule has 2 N–H and O–H groups in total. The molecule has 1 fully saturated rings. The van der Waals surface area contributed by atoms with Crippen molar-refractivity contribution in [1.29, 1.82) is 0 Å². The molecule has 78 valence electrons. The highest BCUT2D eigenvalue weighted by atomic mass is 15.1. The lowest BCUT2D eigenvalue weighted by molar-refractivity contribution is 0.479. The minimum absolute atomic E-state index is 0.151. The third kappa shape index (κ3) is 1.69. The quantitative estimate of drug-likeness (QED) is 0.801. The molecular formula is C11H19N3. The second-order valence-corrected chi connectivity index (χ2v) is 4.18. The zero-order chi connectivity index (χ0) is 9.97. The van der Waals surface area contributed by atoms with E-state index in [1.165, 1.54) is 31.4 Å². The van der Waals surface area contributed by atoms with Gasteiger partial charge in [-0.05, 0) is 19.3 Å². The predicted molar refractivity (Wildman–Crippen MR) is 57.0 cm³/mol. The molecule has 1 heterocycles. The van der Waals surface area contributed by atoms with E-state index in [1.54, 1.807) is 0 Å². The third-order valence-electron chi connectivity index (χ3n) is 3.23. The Bertz CT molecular complexity index is 286. The van der Waals surface area contributed by atoms with Gasteiger partial charge in [0.15, 0.2) is 0 Å². The lowest BCUT2D eigenvalue weighted by atomic mass is 10.1. The summed E-state index contributed by atoms with van der Waals surface area (Å²) < 4.78 is 2.29. The Balaban J connectivity index is 2.19. The van der Waals surface area contributed by atoms with Crippen molar-refractivity contribution in [1.82, 2.24) is 9.55 Å². The molecule has 1 atom stereocenters. The normalized spacial score (nSPS) is 20.1. The zero-order valence-electron chi connectivity index (χ0n) is 8.82. The van der Waals surface area contributed by atoms with Crippen molar-refractivity contribution >= 4 is 0 Å².